The van der Waals surface area contributed by atoms with Crippen molar-refractivity contribution in [1.82, 2.24) is 10.2 Å². The average molecular weight is 358 g/mol. The SMILES string of the molecule is O=C1C[C@H](CS(=O)(=O)c2ccccc2)N1C(=O)NCc1ccccc1. The normalized spacial score (nSPS) is 17.0. The predicted molar refractivity (Wildman–Crippen MR) is 92.4 cm³/mol. The van der Waals surface area contributed by atoms with Gasteiger partial charge in [0.15, 0.2) is 9.84 Å². The molecule has 0 aromatic heterocycles. The fourth-order valence-corrected chi connectivity index (χ4v) is 4.27. The van der Waals surface area contributed by atoms with E-state index >= 15 is 0 Å². The molecule has 0 bridgehead atoms. The zero-order chi connectivity index (χ0) is 17.9. The number of nitrogens with zero attached hydrogens (tertiary/aromatic N) is 1. The molecular weight excluding hydrogens is 340 g/mol. The molecule has 2 aromatic rings. The second kappa shape index (κ2) is 7.06. The Labute approximate surface area is 146 Å². The van der Waals surface area contributed by atoms with Gasteiger partial charge in [0.2, 0.25) is 5.91 Å². The molecule has 3 amide bonds. The van der Waals surface area contributed by atoms with Crippen molar-refractivity contribution in [2.45, 2.75) is 23.9 Å². The third kappa shape index (κ3) is 3.88. The van der Waals surface area contributed by atoms with Crippen molar-refractivity contribution >= 4 is 21.8 Å². The molecule has 1 fully saturated rings. The molecule has 0 spiro atoms. The molecule has 0 saturated carbocycles. The third-order valence-electron chi connectivity index (χ3n) is 4.06. The average Bonchev–Trinajstić information content (AvgIpc) is 2.61. The van der Waals surface area contributed by atoms with E-state index in [-0.39, 0.29) is 29.5 Å². The Kier molecular flexibility index (Phi) is 4.85. The number of hydrogen-bond acceptors (Lipinski definition) is 4. The number of rotatable bonds is 5. The molecule has 25 heavy (non-hydrogen) atoms. The zero-order valence-corrected chi connectivity index (χ0v) is 14.3. The standard InChI is InChI=1S/C18H18N2O4S/c21-17-11-15(13-25(23,24)16-9-5-2-6-10-16)20(17)18(22)19-12-14-7-3-1-4-8-14/h1-10,15H,11-13H2,(H,19,22)/t15-/m1/s1. The van der Waals surface area contributed by atoms with Crippen molar-refractivity contribution < 1.29 is 18.0 Å². The highest BCUT2D eigenvalue weighted by Gasteiger charge is 2.43. The Balaban J connectivity index is 1.63. The number of carbonyl (C=O) groups is 2. The zero-order valence-electron chi connectivity index (χ0n) is 13.5. The van der Waals surface area contributed by atoms with Crippen molar-refractivity contribution in [2.75, 3.05) is 5.75 Å². The molecule has 3 rings (SSSR count). The van der Waals surface area contributed by atoms with Gasteiger partial charge in [0.1, 0.15) is 0 Å². The summed E-state index contributed by atoms with van der Waals surface area (Å²) >= 11 is 0. The van der Waals surface area contributed by atoms with Gasteiger partial charge in [0.25, 0.3) is 0 Å². The van der Waals surface area contributed by atoms with E-state index in [1.54, 1.807) is 18.2 Å². The molecule has 1 aliphatic heterocycles. The first-order chi connectivity index (χ1) is 12.0. The van der Waals surface area contributed by atoms with Crippen LogP contribution in [-0.2, 0) is 21.2 Å². The van der Waals surface area contributed by atoms with E-state index < -0.39 is 21.9 Å². The first-order valence-electron chi connectivity index (χ1n) is 7.89. The van der Waals surface area contributed by atoms with Crippen LogP contribution < -0.4 is 5.32 Å². The van der Waals surface area contributed by atoms with Crippen LogP contribution in [0.5, 0.6) is 0 Å². The number of urea groups is 1. The molecule has 2 aromatic carbocycles. The van der Waals surface area contributed by atoms with Gasteiger partial charge in [0.05, 0.1) is 16.7 Å². The van der Waals surface area contributed by atoms with Crippen molar-refractivity contribution in [1.29, 1.82) is 0 Å². The summed E-state index contributed by atoms with van der Waals surface area (Å²) in [6.07, 6.45) is 0.0603. The lowest BCUT2D eigenvalue weighted by molar-refractivity contribution is -0.139. The molecule has 1 aliphatic rings. The van der Waals surface area contributed by atoms with Crippen LogP contribution in [0.3, 0.4) is 0 Å². The Morgan fingerprint density at radius 2 is 1.64 bits per heavy atom. The molecule has 6 nitrogen and oxygen atoms in total. The fraction of sp³-hybridized carbons (Fsp3) is 0.222. The van der Waals surface area contributed by atoms with Crippen molar-refractivity contribution in [3.63, 3.8) is 0 Å². The minimum atomic E-state index is -3.55. The molecule has 130 valence electrons. The van der Waals surface area contributed by atoms with E-state index in [2.05, 4.69) is 5.32 Å². The molecule has 0 aliphatic carbocycles. The quantitative estimate of drug-likeness (QED) is 0.829. The minimum Gasteiger partial charge on any atom is -0.334 e. The van der Waals surface area contributed by atoms with E-state index in [0.29, 0.717) is 0 Å². The second-order valence-electron chi connectivity index (χ2n) is 5.86. The number of β-lactam (4-membered cyclic amide) rings is 1. The molecule has 0 radical (unpaired) electrons. The summed E-state index contributed by atoms with van der Waals surface area (Å²) in [5, 5.41) is 2.66. The molecular formula is C18H18N2O4S. The fourth-order valence-electron chi connectivity index (χ4n) is 2.73. The summed E-state index contributed by atoms with van der Waals surface area (Å²) < 4.78 is 24.8. The number of nitrogens with one attached hydrogen (secondary N) is 1. The van der Waals surface area contributed by atoms with Crippen LogP contribution >= 0.6 is 0 Å². The number of carbonyl (C=O) groups excluding carboxylic acids is 2. The van der Waals surface area contributed by atoms with Gasteiger partial charge in [0, 0.05) is 13.0 Å². The van der Waals surface area contributed by atoms with Crippen molar-refractivity contribution in [3.05, 3.63) is 66.2 Å². The highest BCUT2D eigenvalue weighted by Crippen LogP contribution is 2.24. The summed E-state index contributed by atoms with van der Waals surface area (Å²) in [5.41, 5.74) is 0.900. The van der Waals surface area contributed by atoms with Gasteiger partial charge >= 0.3 is 6.03 Å². The van der Waals surface area contributed by atoms with E-state index in [0.717, 1.165) is 10.5 Å². The summed E-state index contributed by atoms with van der Waals surface area (Å²) in [4.78, 5) is 25.2. The number of amides is 3. The van der Waals surface area contributed by atoms with Crippen molar-refractivity contribution in [3.8, 4) is 0 Å². The molecule has 1 heterocycles. The highest BCUT2D eigenvalue weighted by atomic mass is 32.2. The van der Waals surface area contributed by atoms with Crippen LogP contribution in [0.25, 0.3) is 0 Å². The van der Waals surface area contributed by atoms with Gasteiger partial charge in [-0.3, -0.25) is 9.69 Å². The van der Waals surface area contributed by atoms with Gasteiger partial charge in [-0.05, 0) is 17.7 Å². The van der Waals surface area contributed by atoms with Gasteiger partial charge < -0.3 is 5.32 Å². The maximum Gasteiger partial charge on any atom is 0.324 e. The number of hydrogen-bond donors (Lipinski definition) is 1. The van der Waals surface area contributed by atoms with Gasteiger partial charge in [-0.15, -0.1) is 0 Å². The van der Waals surface area contributed by atoms with Gasteiger partial charge in [-0.25, -0.2) is 13.2 Å². The third-order valence-corrected chi connectivity index (χ3v) is 5.88. The maximum atomic E-state index is 12.4. The van der Waals surface area contributed by atoms with E-state index in [1.165, 1.54) is 12.1 Å². The highest BCUT2D eigenvalue weighted by molar-refractivity contribution is 7.91. The van der Waals surface area contributed by atoms with Gasteiger partial charge in [-0.2, -0.15) is 0 Å². The number of sulfone groups is 1. The minimum absolute atomic E-state index is 0.0603. The van der Waals surface area contributed by atoms with E-state index in [4.69, 9.17) is 0 Å². The number of imide groups is 1. The van der Waals surface area contributed by atoms with Crippen LogP contribution in [0.2, 0.25) is 0 Å². The van der Waals surface area contributed by atoms with E-state index in [1.807, 2.05) is 30.3 Å². The lowest BCUT2D eigenvalue weighted by Gasteiger charge is -2.38. The first-order valence-corrected chi connectivity index (χ1v) is 9.54. The van der Waals surface area contributed by atoms with Crippen LogP contribution in [-0.4, -0.2) is 37.1 Å². The van der Waals surface area contributed by atoms with Crippen LogP contribution in [0.15, 0.2) is 65.6 Å². The van der Waals surface area contributed by atoms with Crippen LogP contribution in [0, 0.1) is 0 Å². The van der Waals surface area contributed by atoms with E-state index in [9.17, 15) is 18.0 Å². The van der Waals surface area contributed by atoms with Gasteiger partial charge in [-0.1, -0.05) is 48.5 Å². The number of benzene rings is 2. The number of likely N-dealkylation sites (tertiary alicyclic amines) is 1. The monoisotopic (exact) mass is 358 g/mol. The Morgan fingerprint density at radius 1 is 1.04 bits per heavy atom. The lowest BCUT2D eigenvalue weighted by Crippen LogP contribution is -2.60. The predicted octanol–water partition coefficient (Wildman–Crippen LogP) is 1.97. The second-order valence-corrected chi connectivity index (χ2v) is 7.89. The van der Waals surface area contributed by atoms with Crippen LogP contribution in [0.4, 0.5) is 4.79 Å². The largest absolute Gasteiger partial charge is 0.334 e. The Hall–Kier alpha value is -2.67. The summed E-state index contributed by atoms with van der Waals surface area (Å²) in [7, 11) is -3.55. The maximum absolute atomic E-state index is 12.4. The Bertz CT molecular complexity index is 866. The summed E-state index contributed by atoms with van der Waals surface area (Å²) in [6, 6.07) is 16.1. The summed E-state index contributed by atoms with van der Waals surface area (Å²) in [5.74, 6) is -0.625. The smallest absolute Gasteiger partial charge is 0.324 e. The Morgan fingerprint density at radius 3 is 2.24 bits per heavy atom. The molecule has 1 N–H and O–H groups in total. The van der Waals surface area contributed by atoms with Crippen LogP contribution in [0.1, 0.15) is 12.0 Å². The molecule has 1 saturated heterocycles. The topological polar surface area (TPSA) is 83.6 Å². The molecule has 1 atom stereocenters. The van der Waals surface area contributed by atoms with Crippen molar-refractivity contribution in [2.24, 2.45) is 0 Å². The lowest BCUT2D eigenvalue weighted by atomic mass is 10.1. The molecule has 7 heteroatoms. The summed E-state index contributed by atoms with van der Waals surface area (Å²) in [6.45, 7) is 0.279. The molecule has 0 unspecified atom stereocenters. The first kappa shape index (κ1) is 17.2.